The molecular weight excluding hydrogens is 257 g/mol. The van der Waals surface area contributed by atoms with Crippen molar-refractivity contribution < 1.29 is 21.5 Å². The van der Waals surface area contributed by atoms with Gasteiger partial charge < -0.3 is 21.5 Å². The summed E-state index contributed by atoms with van der Waals surface area (Å²) in [6.45, 7) is 0. The van der Waals surface area contributed by atoms with Gasteiger partial charge in [0.2, 0.25) is 0 Å². The molecular formula is C4H14Br2ClN. The van der Waals surface area contributed by atoms with Crippen molar-refractivity contribution >= 4 is 29.4 Å². The van der Waals surface area contributed by atoms with E-state index in [1.807, 2.05) is 0 Å². The van der Waals surface area contributed by atoms with Crippen molar-refractivity contribution in [3.05, 3.63) is 0 Å². The maximum atomic E-state index is 2.12. The molecule has 0 spiro atoms. The van der Waals surface area contributed by atoms with E-state index in [4.69, 9.17) is 0 Å². The molecule has 0 bridgehead atoms. The fourth-order valence-corrected chi connectivity index (χ4v) is 0. The van der Waals surface area contributed by atoms with Gasteiger partial charge in [-0.05, 0) is 0 Å². The van der Waals surface area contributed by atoms with Crippen molar-refractivity contribution in [3.8, 4) is 0 Å². The highest BCUT2D eigenvalue weighted by molar-refractivity contribution is 8.93. The number of halogens is 3. The smallest absolute Gasteiger partial charge is 0.0675 e. The van der Waals surface area contributed by atoms with Crippen LogP contribution in [0.15, 0.2) is 0 Å². The molecule has 0 rings (SSSR count). The first-order chi connectivity index (χ1) is 2.00. The molecule has 0 aliphatic rings. The summed E-state index contributed by atoms with van der Waals surface area (Å²) < 4.78 is 1.00. The summed E-state index contributed by atoms with van der Waals surface area (Å²) in [4.78, 5) is 0. The molecule has 0 aromatic carbocycles. The van der Waals surface area contributed by atoms with Crippen LogP contribution in [0.1, 0.15) is 0 Å². The first-order valence-electron chi connectivity index (χ1n) is 1.79. The molecule has 0 aliphatic heterocycles. The summed E-state index contributed by atoms with van der Waals surface area (Å²) >= 11 is 0. The Morgan fingerprint density at radius 2 is 0.875 bits per heavy atom. The van der Waals surface area contributed by atoms with Crippen LogP contribution in [0.5, 0.6) is 0 Å². The Morgan fingerprint density at radius 1 is 0.875 bits per heavy atom. The fraction of sp³-hybridized carbons (Fsp3) is 1.00. The van der Waals surface area contributed by atoms with Gasteiger partial charge in [-0.1, -0.05) is 0 Å². The highest BCUT2D eigenvalue weighted by Crippen LogP contribution is 1.73. The zero-order chi connectivity index (χ0) is 4.50. The molecule has 0 saturated heterocycles. The van der Waals surface area contributed by atoms with Crippen molar-refractivity contribution in [1.29, 1.82) is 0 Å². The van der Waals surface area contributed by atoms with E-state index < -0.39 is 0 Å². The van der Waals surface area contributed by atoms with E-state index in [0.717, 1.165) is 4.48 Å². The van der Waals surface area contributed by atoms with Crippen LogP contribution in [0, 0.1) is 0 Å². The second-order valence-electron chi connectivity index (χ2n) is 2.68. The molecule has 0 aromatic rings. The SMILES string of the molecule is Br.C[N+](C)(C)C.Cl.[Br-]. The highest BCUT2D eigenvalue weighted by Gasteiger charge is 1.88. The first kappa shape index (κ1) is 22.9. The number of hydrogen-bond acceptors (Lipinski definition) is 0. The lowest BCUT2D eigenvalue weighted by atomic mass is 10.8. The largest absolute Gasteiger partial charge is 1.00 e. The monoisotopic (exact) mass is 269 g/mol. The van der Waals surface area contributed by atoms with Crippen LogP contribution >= 0.6 is 29.4 Å². The average Bonchev–Trinajstić information content (AvgIpc) is 0.722. The lowest BCUT2D eigenvalue weighted by Gasteiger charge is -2.14. The Morgan fingerprint density at radius 3 is 0.875 bits per heavy atom. The summed E-state index contributed by atoms with van der Waals surface area (Å²) in [6, 6.07) is 0. The van der Waals surface area contributed by atoms with E-state index in [0.29, 0.717) is 0 Å². The molecule has 0 N–H and O–H groups in total. The van der Waals surface area contributed by atoms with Gasteiger partial charge in [0.05, 0.1) is 28.2 Å². The predicted molar refractivity (Wildman–Crippen MR) is 41.5 cm³/mol. The summed E-state index contributed by atoms with van der Waals surface area (Å²) in [5.41, 5.74) is 0. The van der Waals surface area contributed by atoms with Gasteiger partial charge in [-0.25, -0.2) is 0 Å². The lowest BCUT2D eigenvalue weighted by molar-refractivity contribution is -0.849. The van der Waals surface area contributed by atoms with E-state index in [9.17, 15) is 0 Å². The van der Waals surface area contributed by atoms with Crippen molar-refractivity contribution in [2.45, 2.75) is 0 Å². The quantitative estimate of drug-likeness (QED) is 0.462. The topological polar surface area (TPSA) is 0 Å². The third kappa shape index (κ3) is 190. The van der Waals surface area contributed by atoms with Crippen LogP contribution in [-0.2, 0) is 0 Å². The maximum Gasteiger partial charge on any atom is 0.0675 e. The molecule has 0 aromatic heterocycles. The average molecular weight is 271 g/mol. The molecule has 0 unspecified atom stereocenters. The minimum absolute atomic E-state index is 0. The van der Waals surface area contributed by atoms with Gasteiger partial charge in [0.25, 0.3) is 0 Å². The number of quaternary nitrogens is 1. The lowest BCUT2D eigenvalue weighted by Crippen LogP contribution is -3.00. The van der Waals surface area contributed by atoms with Crippen LogP contribution in [0.2, 0.25) is 0 Å². The fourth-order valence-electron chi connectivity index (χ4n) is 0. The Bertz CT molecular complexity index is 29.5. The number of hydrogen-bond donors (Lipinski definition) is 0. The van der Waals surface area contributed by atoms with Crippen molar-refractivity contribution in [2.75, 3.05) is 28.2 Å². The molecule has 0 aliphatic carbocycles. The Hall–Kier alpha value is 1.21. The van der Waals surface area contributed by atoms with Gasteiger partial charge in [0.1, 0.15) is 0 Å². The van der Waals surface area contributed by atoms with Crippen LogP contribution in [0.4, 0.5) is 0 Å². The van der Waals surface area contributed by atoms with Crippen LogP contribution in [0.25, 0.3) is 0 Å². The molecule has 0 amide bonds. The molecule has 4 heteroatoms. The van der Waals surface area contributed by atoms with Gasteiger partial charge >= 0.3 is 0 Å². The molecule has 1 nitrogen and oxygen atoms in total. The van der Waals surface area contributed by atoms with E-state index in [2.05, 4.69) is 28.2 Å². The summed E-state index contributed by atoms with van der Waals surface area (Å²) in [5.74, 6) is 0. The van der Waals surface area contributed by atoms with E-state index in [1.54, 1.807) is 0 Å². The molecule has 0 radical (unpaired) electrons. The summed E-state index contributed by atoms with van der Waals surface area (Å²) in [6.07, 6.45) is 0. The normalized spacial score (nSPS) is 7.50. The van der Waals surface area contributed by atoms with Crippen molar-refractivity contribution in [1.82, 2.24) is 0 Å². The Labute approximate surface area is 79.0 Å². The minimum atomic E-state index is 0. The van der Waals surface area contributed by atoms with Crippen LogP contribution in [-0.4, -0.2) is 32.7 Å². The third-order valence-electron chi connectivity index (χ3n) is 0. The minimum Gasteiger partial charge on any atom is -1.00 e. The molecule has 0 fully saturated rings. The van der Waals surface area contributed by atoms with Crippen LogP contribution < -0.4 is 17.0 Å². The maximum absolute atomic E-state index is 2.12. The molecule has 0 saturated carbocycles. The zero-order valence-corrected chi connectivity index (χ0v) is 9.76. The summed E-state index contributed by atoms with van der Waals surface area (Å²) in [7, 11) is 8.50. The van der Waals surface area contributed by atoms with E-state index >= 15 is 0 Å². The molecule has 0 heterocycles. The highest BCUT2D eigenvalue weighted by atomic mass is 79.9. The van der Waals surface area contributed by atoms with Gasteiger partial charge in [0.15, 0.2) is 0 Å². The van der Waals surface area contributed by atoms with Gasteiger partial charge in [-0.2, -0.15) is 0 Å². The molecule has 8 heavy (non-hydrogen) atoms. The Balaban J connectivity index is -0.0000000267. The zero-order valence-electron chi connectivity index (χ0n) is 5.64. The molecule has 56 valence electrons. The van der Waals surface area contributed by atoms with Crippen molar-refractivity contribution in [3.63, 3.8) is 0 Å². The first-order valence-corrected chi connectivity index (χ1v) is 1.79. The second-order valence-corrected chi connectivity index (χ2v) is 2.68. The number of nitrogens with zero attached hydrogens (tertiary/aromatic N) is 1. The number of rotatable bonds is 0. The van der Waals surface area contributed by atoms with Crippen LogP contribution in [0.3, 0.4) is 0 Å². The van der Waals surface area contributed by atoms with Gasteiger partial charge in [-0.3, -0.25) is 0 Å². The Kier molecular flexibility index (Phi) is 23.5. The van der Waals surface area contributed by atoms with E-state index in [-0.39, 0.29) is 46.4 Å². The standard InChI is InChI=1S/C4H12N.2BrH.ClH/c1-5(2,3)4;;;/h1-4H3;3*1H/q+1;;;/p-1. The third-order valence-corrected chi connectivity index (χ3v) is 0. The predicted octanol–water partition coefficient (Wildman–Crippen LogP) is -1.67. The second kappa shape index (κ2) is 8.21. The van der Waals surface area contributed by atoms with Gasteiger partial charge in [-0.15, -0.1) is 29.4 Å². The van der Waals surface area contributed by atoms with Gasteiger partial charge in [0, 0.05) is 0 Å². The molecule has 0 atom stereocenters. The summed E-state index contributed by atoms with van der Waals surface area (Å²) in [5, 5.41) is 0. The van der Waals surface area contributed by atoms with Crippen molar-refractivity contribution in [2.24, 2.45) is 0 Å². The van der Waals surface area contributed by atoms with E-state index in [1.165, 1.54) is 0 Å².